The number of esters is 1. The van der Waals surface area contributed by atoms with Crippen LogP contribution in [0.5, 0.6) is 0 Å². The van der Waals surface area contributed by atoms with Crippen molar-refractivity contribution >= 4 is 23.4 Å². The van der Waals surface area contributed by atoms with E-state index in [0.717, 1.165) is 11.8 Å². The number of nitro benzene ring substituents is 1. The molecule has 0 aliphatic heterocycles. The summed E-state index contributed by atoms with van der Waals surface area (Å²) in [5.41, 5.74) is -0.0491. The minimum absolute atomic E-state index is 0.136. The Kier molecular flexibility index (Phi) is 4.53. The quantitative estimate of drug-likeness (QED) is 0.513. The van der Waals surface area contributed by atoms with Gasteiger partial charge < -0.3 is 4.74 Å². The number of nitrogens with zero attached hydrogens (tertiary/aromatic N) is 3. The molecule has 0 radical (unpaired) electrons. The third-order valence-corrected chi connectivity index (χ3v) is 3.29. The number of carbonyl (C=O) groups excluding carboxylic acids is 1. The number of H-pyrrole nitrogens is 1. The number of carbonyl (C=O) groups is 1. The van der Waals surface area contributed by atoms with Crippen LogP contribution in [0.15, 0.2) is 34.6 Å². The normalized spacial score (nSPS) is 10.6. The van der Waals surface area contributed by atoms with Crippen LogP contribution in [-0.2, 0) is 4.74 Å². The van der Waals surface area contributed by atoms with Gasteiger partial charge in [0, 0.05) is 6.07 Å². The Bertz CT molecular complexity index is 657. The topological polar surface area (TPSA) is 111 Å². The minimum Gasteiger partial charge on any atom is -0.459 e. The Morgan fingerprint density at radius 3 is 2.81 bits per heavy atom. The van der Waals surface area contributed by atoms with Crippen molar-refractivity contribution in [3.8, 4) is 0 Å². The second kappa shape index (κ2) is 6.35. The molecule has 0 unspecified atom stereocenters. The van der Waals surface area contributed by atoms with Gasteiger partial charge in [-0.3, -0.25) is 15.2 Å². The molecule has 2 aromatic rings. The zero-order valence-corrected chi connectivity index (χ0v) is 12.1. The first-order valence-electron chi connectivity index (χ1n) is 6.00. The predicted octanol–water partition coefficient (Wildman–Crippen LogP) is 2.43. The number of hydrogen-bond acceptors (Lipinski definition) is 7. The maximum Gasteiger partial charge on any atom is 0.338 e. The summed E-state index contributed by atoms with van der Waals surface area (Å²) >= 11 is 1.06. The maximum absolute atomic E-state index is 11.8. The molecule has 0 aliphatic rings. The Balaban J connectivity index is 2.31. The van der Waals surface area contributed by atoms with E-state index in [1.165, 1.54) is 24.5 Å². The van der Waals surface area contributed by atoms with Crippen molar-refractivity contribution in [2.75, 3.05) is 0 Å². The van der Waals surface area contributed by atoms with Crippen molar-refractivity contribution in [1.82, 2.24) is 15.2 Å². The third kappa shape index (κ3) is 3.78. The summed E-state index contributed by atoms with van der Waals surface area (Å²) < 4.78 is 5.02. The van der Waals surface area contributed by atoms with Gasteiger partial charge in [0.1, 0.15) is 6.33 Å². The lowest BCUT2D eigenvalue weighted by Gasteiger charge is -2.08. The van der Waals surface area contributed by atoms with Crippen molar-refractivity contribution in [3.63, 3.8) is 0 Å². The number of hydrogen-bond donors (Lipinski definition) is 1. The van der Waals surface area contributed by atoms with Crippen LogP contribution >= 0.6 is 11.8 Å². The Morgan fingerprint density at radius 1 is 1.48 bits per heavy atom. The summed E-state index contributed by atoms with van der Waals surface area (Å²) in [5.74, 6) is -0.593. The molecule has 1 aromatic carbocycles. The summed E-state index contributed by atoms with van der Waals surface area (Å²) in [6.07, 6.45) is 1.02. The lowest BCUT2D eigenvalue weighted by Crippen LogP contribution is -2.11. The Hall–Kier alpha value is -2.42. The molecule has 0 atom stereocenters. The summed E-state index contributed by atoms with van der Waals surface area (Å²) in [6.45, 7) is 3.42. The van der Waals surface area contributed by atoms with Crippen LogP contribution < -0.4 is 0 Å². The van der Waals surface area contributed by atoms with Gasteiger partial charge in [-0.1, -0.05) is 0 Å². The highest BCUT2D eigenvalue weighted by Crippen LogP contribution is 2.33. The van der Waals surface area contributed by atoms with Gasteiger partial charge in [0.25, 0.3) is 5.69 Å². The van der Waals surface area contributed by atoms with Crippen LogP contribution in [-0.4, -0.2) is 32.2 Å². The van der Waals surface area contributed by atoms with Gasteiger partial charge >= 0.3 is 5.97 Å². The van der Waals surface area contributed by atoms with E-state index in [1.54, 1.807) is 13.8 Å². The van der Waals surface area contributed by atoms with Crippen LogP contribution in [0.4, 0.5) is 5.69 Å². The van der Waals surface area contributed by atoms with E-state index < -0.39 is 10.9 Å². The molecule has 0 bridgehead atoms. The highest BCUT2D eigenvalue weighted by Gasteiger charge is 2.20. The number of aromatic nitrogens is 3. The molecular weight excluding hydrogens is 296 g/mol. The van der Waals surface area contributed by atoms with Gasteiger partial charge in [-0.25, -0.2) is 9.78 Å². The van der Waals surface area contributed by atoms with Gasteiger partial charge in [-0.15, -0.1) is 0 Å². The average molecular weight is 308 g/mol. The zero-order chi connectivity index (χ0) is 15.4. The zero-order valence-electron chi connectivity index (χ0n) is 11.3. The number of aromatic amines is 1. The van der Waals surface area contributed by atoms with Gasteiger partial charge in [0.15, 0.2) is 5.16 Å². The van der Waals surface area contributed by atoms with E-state index >= 15 is 0 Å². The highest BCUT2D eigenvalue weighted by atomic mass is 32.2. The number of benzene rings is 1. The standard InChI is InChI=1S/C12H12N4O4S/c1-7(2)20-11(17)8-3-4-10(9(5-8)16(18)19)21-12-13-6-14-15-12/h3-7H,1-2H3,(H,13,14,15). The van der Waals surface area contributed by atoms with E-state index in [0.29, 0.717) is 10.1 Å². The largest absolute Gasteiger partial charge is 0.459 e. The molecule has 21 heavy (non-hydrogen) atoms. The molecule has 110 valence electrons. The lowest BCUT2D eigenvalue weighted by molar-refractivity contribution is -0.387. The SMILES string of the molecule is CC(C)OC(=O)c1ccc(Sc2ncn[nH]2)c([N+](=O)[O-])c1. The maximum atomic E-state index is 11.8. The molecule has 0 saturated heterocycles. The van der Waals surface area contributed by atoms with E-state index in [-0.39, 0.29) is 17.4 Å². The van der Waals surface area contributed by atoms with Crippen LogP contribution in [0.2, 0.25) is 0 Å². The first kappa shape index (κ1) is 15.0. The molecule has 0 amide bonds. The Labute approximate surface area is 124 Å². The first-order chi connectivity index (χ1) is 9.97. The summed E-state index contributed by atoms with van der Waals surface area (Å²) in [7, 11) is 0. The second-order valence-electron chi connectivity index (χ2n) is 4.29. The Morgan fingerprint density at radius 2 is 2.24 bits per heavy atom. The molecule has 2 rings (SSSR count). The average Bonchev–Trinajstić information content (AvgIpc) is 2.91. The van der Waals surface area contributed by atoms with E-state index in [1.807, 2.05) is 0 Å². The van der Waals surface area contributed by atoms with Crippen molar-refractivity contribution in [1.29, 1.82) is 0 Å². The van der Waals surface area contributed by atoms with Crippen LogP contribution in [0.25, 0.3) is 0 Å². The molecule has 0 fully saturated rings. The molecule has 0 aliphatic carbocycles. The van der Waals surface area contributed by atoms with Gasteiger partial charge in [-0.05, 0) is 37.7 Å². The summed E-state index contributed by atoms with van der Waals surface area (Å²) in [4.78, 5) is 26.6. The molecule has 1 N–H and O–H groups in total. The number of nitrogens with one attached hydrogen (secondary N) is 1. The van der Waals surface area contributed by atoms with Crippen molar-refractivity contribution in [2.45, 2.75) is 30.0 Å². The molecule has 1 aromatic heterocycles. The van der Waals surface area contributed by atoms with Crippen LogP contribution in [0.3, 0.4) is 0 Å². The molecule has 0 spiro atoms. The molecule has 0 saturated carbocycles. The fourth-order valence-corrected chi connectivity index (χ4v) is 2.28. The van der Waals surface area contributed by atoms with E-state index in [2.05, 4.69) is 15.2 Å². The molecule has 1 heterocycles. The van der Waals surface area contributed by atoms with E-state index in [9.17, 15) is 14.9 Å². The summed E-state index contributed by atoms with van der Waals surface area (Å²) in [5, 5.41) is 17.8. The fraction of sp³-hybridized carbons (Fsp3) is 0.250. The van der Waals surface area contributed by atoms with Gasteiger partial charge in [0.05, 0.1) is 21.5 Å². The number of nitro groups is 1. The van der Waals surface area contributed by atoms with E-state index in [4.69, 9.17) is 4.74 Å². The molecular formula is C12H12N4O4S. The number of rotatable bonds is 5. The van der Waals surface area contributed by atoms with Crippen molar-refractivity contribution in [2.24, 2.45) is 0 Å². The summed E-state index contributed by atoms with van der Waals surface area (Å²) in [6, 6.07) is 4.17. The number of ether oxygens (including phenoxy) is 1. The van der Waals surface area contributed by atoms with Crippen LogP contribution in [0.1, 0.15) is 24.2 Å². The van der Waals surface area contributed by atoms with Crippen molar-refractivity contribution in [3.05, 3.63) is 40.2 Å². The third-order valence-electron chi connectivity index (χ3n) is 2.33. The highest BCUT2D eigenvalue weighted by molar-refractivity contribution is 7.99. The van der Waals surface area contributed by atoms with Crippen LogP contribution in [0, 0.1) is 10.1 Å². The lowest BCUT2D eigenvalue weighted by atomic mass is 10.2. The predicted molar refractivity (Wildman–Crippen MR) is 74.2 cm³/mol. The smallest absolute Gasteiger partial charge is 0.338 e. The molecule has 9 heteroatoms. The fourth-order valence-electron chi connectivity index (χ4n) is 1.50. The first-order valence-corrected chi connectivity index (χ1v) is 6.81. The van der Waals surface area contributed by atoms with Gasteiger partial charge in [0.2, 0.25) is 0 Å². The van der Waals surface area contributed by atoms with Gasteiger partial charge in [-0.2, -0.15) is 5.10 Å². The minimum atomic E-state index is -0.593. The van der Waals surface area contributed by atoms with Crippen molar-refractivity contribution < 1.29 is 14.5 Å². The molecule has 8 nitrogen and oxygen atoms in total. The monoisotopic (exact) mass is 308 g/mol. The second-order valence-corrected chi connectivity index (χ2v) is 5.32.